The predicted octanol–water partition coefficient (Wildman–Crippen LogP) is 1.75. The van der Waals surface area contributed by atoms with Gasteiger partial charge in [0, 0.05) is 24.3 Å². The zero-order valence-electron chi connectivity index (χ0n) is 14.5. The van der Waals surface area contributed by atoms with Crippen LogP contribution in [0.5, 0.6) is 11.5 Å². The summed E-state index contributed by atoms with van der Waals surface area (Å²) in [6, 6.07) is 5.90. The van der Waals surface area contributed by atoms with Gasteiger partial charge >= 0.3 is 0 Å². The molecule has 2 rings (SSSR count). The molecule has 0 bridgehead atoms. The van der Waals surface area contributed by atoms with Gasteiger partial charge in [-0.2, -0.15) is 0 Å². The molecule has 0 heterocycles. The third kappa shape index (κ3) is 5.64. The van der Waals surface area contributed by atoms with Gasteiger partial charge in [-0.15, -0.1) is 0 Å². The fraction of sp³-hybridized carbons (Fsp3) is 0.529. The van der Waals surface area contributed by atoms with Crippen LogP contribution >= 0.6 is 0 Å². The summed E-state index contributed by atoms with van der Waals surface area (Å²) in [5.74, 6) is 1.83. The molecule has 7 heteroatoms. The number of hydrogen-bond donors (Lipinski definition) is 3. The van der Waals surface area contributed by atoms with E-state index in [2.05, 4.69) is 20.9 Å². The van der Waals surface area contributed by atoms with E-state index >= 15 is 0 Å². The number of hydrogen-bond acceptors (Lipinski definition) is 4. The maximum Gasteiger partial charge on any atom is 0.242 e. The Morgan fingerprint density at radius 1 is 1.29 bits per heavy atom. The summed E-state index contributed by atoms with van der Waals surface area (Å²) in [7, 11) is 1.61. The average Bonchev–Trinajstić information content (AvgIpc) is 3.37. The number of ether oxygens (including phenoxy) is 2. The van der Waals surface area contributed by atoms with Crippen molar-refractivity contribution in [1.29, 1.82) is 0 Å². The van der Waals surface area contributed by atoms with Gasteiger partial charge in [0.15, 0.2) is 17.5 Å². The quantitative estimate of drug-likeness (QED) is 0.498. The van der Waals surface area contributed by atoms with Crippen LogP contribution < -0.4 is 25.4 Å². The predicted molar refractivity (Wildman–Crippen MR) is 94.9 cm³/mol. The lowest BCUT2D eigenvalue weighted by atomic mass is 10.2. The molecule has 0 spiro atoms. The number of aliphatic imine (C=N–C) groups is 1. The first kappa shape index (κ1) is 17.9. The number of nitrogens with zero attached hydrogens (tertiary/aromatic N) is 1. The number of benzene rings is 1. The molecular formula is C17H26N4O3. The van der Waals surface area contributed by atoms with Gasteiger partial charge in [0.1, 0.15) is 6.54 Å². The Bertz CT molecular complexity index is 585. The highest BCUT2D eigenvalue weighted by molar-refractivity contribution is 5.95. The summed E-state index contributed by atoms with van der Waals surface area (Å²) < 4.78 is 10.8. The molecule has 1 aliphatic carbocycles. The van der Waals surface area contributed by atoms with E-state index in [1.807, 2.05) is 32.0 Å². The SMILES string of the molecule is CCNC(=NCC(=O)NC1CC1)Nc1ccc(OC)c(OCC)c1. The second-order valence-electron chi connectivity index (χ2n) is 5.46. The Kier molecular flexibility index (Phi) is 6.72. The van der Waals surface area contributed by atoms with E-state index < -0.39 is 0 Å². The molecule has 1 amide bonds. The zero-order chi connectivity index (χ0) is 17.4. The molecule has 1 aromatic carbocycles. The van der Waals surface area contributed by atoms with Crippen molar-refractivity contribution in [1.82, 2.24) is 10.6 Å². The summed E-state index contributed by atoms with van der Waals surface area (Å²) >= 11 is 0. The van der Waals surface area contributed by atoms with Crippen LogP contribution in [0.4, 0.5) is 5.69 Å². The Morgan fingerprint density at radius 3 is 2.71 bits per heavy atom. The molecule has 0 radical (unpaired) electrons. The van der Waals surface area contributed by atoms with Crippen LogP contribution in [0.25, 0.3) is 0 Å². The molecule has 1 aliphatic rings. The zero-order valence-corrected chi connectivity index (χ0v) is 14.5. The summed E-state index contributed by atoms with van der Waals surface area (Å²) in [5.41, 5.74) is 0.807. The van der Waals surface area contributed by atoms with Crippen LogP contribution in [-0.4, -0.2) is 44.7 Å². The number of amides is 1. The van der Waals surface area contributed by atoms with Crippen molar-refractivity contribution in [3.63, 3.8) is 0 Å². The fourth-order valence-electron chi connectivity index (χ4n) is 2.12. The van der Waals surface area contributed by atoms with Crippen molar-refractivity contribution in [2.24, 2.45) is 4.99 Å². The molecule has 132 valence electrons. The first-order valence-corrected chi connectivity index (χ1v) is 8.31. The molecule has 0 atom stereocenters. The molecule has 0 unspecified atom stereocenters. The monoisotopic (exact) mass is 334 g/mol. The van der Waals surface area contributed by atoms with Crippen LogP contribution in [0.2, 0.25) is 0 Å². The number of nitrogens with one attached hydrogen (secondary N) is 3. The summed E-state index contributed by atoms with van der Waals surface area (Å²) in [6.45, 7) is 5.24. The summed E-state index contributed by atoms with van der Waals surface area (Å²) in [4.78, 5) is 16.1. The molecule has 3 N–H and O–H groups in total. The second kappa shape index (κ2) is 9.00. The molecule has 0 aromatic heterocycles. The largest absolute Gasteiger partial charge is 0.493 e. The van der Waals surface area contributed by atoms with Gasteiger partial charge in [0.25, 0.3) is 0 Å². The Morgan fingerprint density at radius 2 is 2.08 bits per heavy atom. The van der Waals surface area contributed by atoms with Crippen molar-refractivity contribution in [3.8, 4) is 11.5 Å². The molecule has 0 aliphatic heterocycles. The van der Waals surface area contributed by atoms with Gasteiger partial charge in [0.05, 0.1) is 13.7 Å². The average molecular weight is 334 g/mol. The van der Waals surface area contributed by atoms with E-state index in [0.29, 0.717) is 36.7 Å². The molecular weight excluding hydrogens is 308 g/mol. The molecule has 24 heavy (non-hydrogen) atoms. The summed E-state index contributed by atoms with van der Waals surface area (Å²) in [6.07, 6.45) is 2.14. The van der Waals surface area contributed by atoms with Gasteiger partial charge in [-0.1, -0.05) is 0 Å². The Labute approximate surface area is 142 Å². The lowest BCUT2D eigenvalue weighted by Crippen LogP contribution is -2.33. The van der Waals surface area contributed by atoms with Crippen molar-refractivity contribution >= 4 is 17.6 Å². The Hall–Kier alpha value is -2.44. The number of guanidine groups is 1. The van der Waals surface area contributed by atoms with E-state index in [1.165, 1.54) is 0 Å². The van der Waals surface area contributed by atoms with Crippen molar-refractivity contribution in [2.75, 3.05) is 32.1 Å². The highest BCUT2D eigenvalue weighted by atomic mass is 16.5. The number of carbonyl (C=O) groups excluding carboxylic acids is 1. The first-order chi connectivity index (χ1) is 11.7. The minimum atomic E-state index is -0.0561. The van der Waals surface area contributed by atoms with Crippen molar-refractivity contribution < 1.29 is 14.3 Å². The maximum atomic E-state index is 11.8. The first-order valence-electron chi connectivity index (χ1n) is 8.31. The van der Waals surface area contributed by atoms with Crippen molar-refractivity contribution in [2.45, 2.75) is 32.7 Å². The van der Waals surface area contributed by atoms with E-state index in [0.717, 1.165) is 18.5 Å². The van der Waals surface area contributed by atoms with Gasteiger partial charge in [-0.25, -0.2) is 4.99 Å². The van der Waals surface area contributed by atoms with Crippen LogP contribution in [0.15, 0.2) is 23.2 Å². The number of rotatable bonds is 8. The van der Waals surface area contributed by atoms with E-state index in [4.69, 9.17) is 9.47 Å². The number of anilines is 1. The lowest BCUT2D eigenvalue weighted by Gasteiger charge is -2.14. The third-order valence-corrected chi connectivity index (χ3v) is 3.39. The minimum Gasteiger partial charge on any atom is -0.493 e. The Balaban J connectivity index is 2.02. The van der Waals surface area contributed by atoms with Crippen LogP contribution in [0, 0.1) is 0 Å². The number of carbonyl (C=O) groups is 1. The van der Waals surface area contributed by atoms with Crippen molar-refractivity contribution in [3.05, 3.63) is 18.2 Å². The van der Waals surface area contributed by atoms with E-state index in [9.17, 15) is 4.79 Å². The standard InChI is InChI=1S/C17H26N4O3/c1-4-18-17(19-11-16(22)20-12-6-7-12)21-13-8-9-14(23-3)15(10-13)24-5-2/h8-10,12H,4-7,11H2,1-3H3,(H,20,22)(H2,18,19,21). The van der Waals surface area contributed by atoms with Crippen LogP contribution in [-0.2, 0) is 4.79 Å². The second-order valence-corrected chi connectivity index (χ2v) is 5.46. The van der Waals surface area contributed by atoms with Crippen LogP contribution in [0.3, 0.4) is 0 Å². The molecule has 1 aromatic rings. The van der Waals surface area contributed by atoms with Gasteiger partial charge in [0.2, 0.25) is 5.91 Å². The smallest absolute Gasteiger partial charge is 0.242 e. The van der Waals surface area contributed by atoms with E-state index in [1.54, 1.807) is 7.11 Å². The normalized spacial score (nSPS) is 14.0. The molecule has 7 nitrogen and oxygen atoms in total. The number of methoxy groups -OCH3 is 1. The molecule has 1 fully saturated rings. The fourth-order valence-corrected chi connectivity index (χ4v) is 2.12. The topological polar surface area (TPSA) is 84.0 Å². The van der Waals surface area contributed by atoms with Gasteiger partial charge in [-0.05, 0) is 38.8 Å². The van der Waals surface area contributed by atoms with E-state index in [-0.39, 0.29) is 12.5 Å². The molecule has 0 saturated heterocycles. The highest BCUT2D eigenvalue weighted by Crippen LogP contribution is 2.30. The van der Waals surface area contributed by atoms with Crippen LogP contribution in [0.1, 0.15) is 26.7 Å². The maximum absolute atomic E-state index is 11.8. The summed E-state index contributed by atoms with van der Waals surface area (Å²) in [5, 5.41) is 9.22. The lowest BCUT2D eigenvalue weighted by molar-refractivity contribution is -0.119. The highest BCUT2D eigenvalue weighted by Gasteiger charge is 2.22. The van der Waals surface area contributed by atoms with Gasteiger partial charge < -0.3 is 25.4 Å². The van der Waals surface area contributed by atoms with Gasteiger partial charge in [-0.3, -0.25) is 4.79 Å². The third-order valence-electron chi connectivity index (χ3n) is 3.39. The minimum absolute atomic E-state index is 0.0561. The molecule has 1 saturated carbocycles.